The molecule has 1 heterocycles. The maximum absolute atomic E-state index is 11.5. The molecule has 16 heavy (non-hydrogen) atoms. The van der Waals surface area contributed by atoms with Gasteiger partial charge in [-0.1, -0.05) is 36.9 Å². The van der Waals surface area contributed by atoms with Gasteiger partial charge in [0.15, 0.2) is 0 Å². The summed E-state index contributed by atoms with van der Waals surface area (Å²) in [5.74, 6) is 0. The molecule has 0 aliphatic rings. The molecule has 2 rings (SSSR count). The van der Waals surface area contributed by atoms with Crippen molar-refractivity contribution in [2.45, 2.75) is 0 Å². The zero-order chi connectivity index (χ0) is 11.5. The summed E-state index contributed by atoms with van der Waals surface area (Å²) < 4.78 is 0. The van der Waals surface area contributed by atoms with Gasteiger partial charge in [-0.2, -0.15) is 0 Å². The Labute approximate surface area is 90.6 Å². The fourth-order valence-electron chi connectivity index (χ4n) is 1.33. The molecule has 0 spiro atoms. The maximum Gasteiger partial charge on any atom is 0.272 e. The highest BCUT2D eigenvalue weighted by molar-refractivity contribution is 5.47. The molecule has 1 aromatic carbocycles. The summed E-state index contributed by atoms with van der Waals surface area (Å²) in [5.41, 5.74) is 0.107. The topological polar surface area (TPSA) is 65.7 Å². The first-order chi connectivity index (χ1) is 7.66. The Hall–Kier alpha value is -2.36. The number of aromatic amines is 2. The molecule has 1 aromatic heterocycles. The van der Waals surface area contributed by atoms with Gasteiger partial charge in [-0.3, -0.25) is 9.59 Å². The third-order valence-corrected chi connectivity index (χ3v) is 2.14. The van der Waals surface area contributed by atoms with Gasteiger partial charge in [0.05, 0.1) is 5.35 Å². The number of rotatable bonds is 1. The monoisotopic (exact) mass is 214 g/mol. The van der Waals surface area contributed by atoms with Crippen LogP contribution in [0.15, 0.2) is 39.9 Å². The molecule has 2 N–H and O–H groups in total. The average molecular weight is 214 g/mol. The predicted octanol–water partition coefficient (Wildman–Crippen LogP) is -0.698. The van der Waals surface area contributed by atoms with Crippen LogP contribution in [0.3, 0.4) is 0 Å². The van der Waals surface area contributed by atoms with Crippen LogP contribution in [0, 0.1) is 0 Å². The van der Waals surface area contributed by atoms with E-state index in [1.165, 1.54) is 0 Å². The maximum atomic E-state index is 11.5. The molecular weight excluding hydrogens is 204 g/mol. The predicted molar refractivity (Wildman–Crippen MR) is 62.5 cm³/mol. The van der Waals surface area contributed by atoms with Crippen molar-refractivity contribution in [2.75, 3.05) is 0 Å². The first kappa shape index (κ1) is 10.2. The van der Waals surface area contributed by atoms with Crippen molar-refractivity contribution in [3.05, 3.63) is 67.3 Å². The van der Waals surface area contributed by atoms with Crippen molar-refractivity contribution in [3.8, 4) is 0 Å². The lowest BCUT2D eigenvalue weighted by atomic mass is 10.2. The molecule has 4 nitrogen and oxygen atoms in total. The summed E-state index contributed by atoms with van der Waals surface area (Å²) in [6, 6.07) is 9.27. The van der Waals surface area contributed by atoms with Crippen molar-refractivity contribution in [1.29, 1.82) is 0 Å². The summed E-state index contributed by atoms with van der Waals surface area (Å²) in [7, 11) is 0. The fourth-order valence-corrected chi connectivity index (χ4v) is 1.33. The van der Waals surface area contributed by atoms with Gasteiger partial charge in [-0.15, -0.1) is 0 Å². The number of aromatic nitrogens is 2. The van der Waals surface area contributed by atoms with Gasteiger partial charge in [0.1, 0.15) is 5.35 Å². The van der Waals surface area contributed by atoms with Crippen LogP contribution in [0.2, 0.25) is 0 Å². The van der Waals surface area contributed by atoms with E-state index in [1.54, 1.807) is 6.08 Å². The number of H-pyrrole nitrogens is 2. The smallest absolute Gasteiger partial charge is 0.272 e. The molecule has 0 atom stereocenters. The first-order valence-electron chi connectivity index (χ1n) is 4.75. The van der Waals surface area contributed by atoms with Crippen LogP contribution in [0.25, 0.3) is 12.7 Å². The number of hydrogen-bond acceptors (Lipinski definition) is 2. The largest absolute Gasteiger partial charge is 0.317 e. The van der Waals surface area contributed by atoms with E-state index in [-0.39, 0.29) is 21.8 Å². The third kappa shape index (κ3) is 2.00. The van der Waals surface area contributed by atoms with Crippen LogP contribution in [0.5, 0.6) is 0 Å². The summed E-state index contributed by atoms with van der Waals surface area (Å²) in [5, 5.41) is 0.291. The second-order valence-corrected chi connectivity index (χ2v) is 3.36. The highest BCUT2D eigenvalue weighted by Gasteiger charge is 1.93. The van der Waals surface area contributed by atoms with Gasteiger partial charge < -0.3 is 9.97 Å². The fraction of sp³-hybridized carbons (Fsp3) is 0. The molecule has 0 radical (unpaired) electrons. The molecule has 2 aromatic rings. The molecule has 0 fully saturated rings. The van der Waals surface area contributed by atoms with E-state index in [4.69, 9.17) is 0 Å². The number of benzene rings is 1. The van der Waals surface area contributed by atoms with Crippen LogP contribution in [-0.2, 0) is 0 Å². The molecule has 0 saturated carbocycles. The average Bonchev–Trinajstić information content (AvgIpc) is 2.27. The van der Waals surface area contributed by atoms with Gasteiger partial charge in [-0.05, 0) is 11.6 Å². The lowest BCUT2D eigenvalue weighted by Crippen LogP contribution is -2.46. The van der Waals surface area contributed by atoms with Crippen LogP contribution in [0.4, 0.5) is 0 Å². The minimum Gasteiger partial charge on any atom is -0.317 e. The zero-order valence-corrected chi connectivity index (χ0v) is 8.49. The molecule has 4 heteroatoms. The van der Waals surface area contributed by atoms with Crippen LogP contribution in [-0.4, -0.2) is 9.97 Å². The second kappa shape index (κ2) is 4.02. The van der Waals surface area contributed by atoms with Crippen molar-refractivity contribution < 1.29 is 0 Å². The summed E-state index contributed by atoms with van der Waals surface area (Å²) in [6.07, 6.45) is 1.61. The Balaban J connectivity index is 2.71. The lowest BCUT2D eigenvalue weighted by molar-refractivity contribution is 1.01. The van der Waals surface area contributed by atoms with Crippen molar-refractivity contribution >= 4 is 12.7 Å². The standard InChI is InChI=1S/C12H10N2O2/c1-8-11(15)14-10(12(16)13-8)7-9-5-3-2-4-6-9/h2-7H,1H2,(H,13,16)(H,14,15). The van der Waals surface area contributed by atoms with E-state index in [0.29, 0.717) is 0 Å². The van der Waals surface area contributed by atoms with Gasteiger partial charge in [0.2, 0.25) is 0 Å². The van der Waals surface area contributed by atoms with Crippen LogP contribution < -0.4 is 21.8 Å². The van der Waals surface area contributed by atoms with Gasteiger partial charge in [0, 0.05) is 0 Å². The SMILES string of the molecule is C=c1[nH]c(=O)c(=Cc2ccccc2)[nH]c1=O. The van der Waals surface area contributed by atoms with Crippen LogP contribution in [0.1, 0.15) is 5.56 Å². The third-order valence-electron chi connectivity index (χ3n) is 2.14. The Kier molecular flexibility index (Phi) is 2.55. The minimum absolute atomic E-state index is 0.0650. The van der Waals surface area contributed by atoms with E-state index < -0.39 is 0 Å². The quantitative estimate of drug-likeness (QED) is 0.659. The highest BCUT2D eigenvalue weighted by Crippen LogP contribution is 1.96. The van der Waals surface area contributed by atoms with Gasteiger partial charge in [-0.25, -0.2) is 0 Å². The molecule has 0 bridgehead atoms. The minimum atomic E-state index is -0.387. The van der Waals surface area contributed by atoms with Gasteiger partial charge >= 0.3 is 0 Å². The van der Waals surface area contributed by atoms with Crippen molar-refractivity contribution in [3.63, 3.8) is 0 Å². The number of hydrogen-bond donors (Lipinski definition) is 2. The molecule has 0 unspecified atom stereocenters. The molecule has 80 valence electrons. The molecule has 0 aliphatic carbocycles. The van der Waals surface area contributed by atoms with E-state index in [2.05, 4.69) is 16.5 Å². The lowest BCUT2D eigenvalue weighted by Gasteiger charge is -1.91. The van der Waals surface area contributed by atoms with E-state index >= 15 is 0 Å². The van der Waals surface area contributed by atoms with E-state index in [0.717, 1.165) is 5.56 Å². The summed E-state index contributed by atoms with van der Waals surface area (Å²) >= 11 is 0. The highest BCUT2D eigenvalue weighted by atomic mass is 16.1. The molecule has 0 saturated heterocycles. The zero-order valence-electron chi connectivity index (χ0n) is 8.49. The summed E-state index contributed by atoms with van der Waals surface area (Å²) in [6.45, 7) is 3.42. The molecule has 0 aliphatic heterocycles. The van der Waals surface area contributed by atoms with E-state index in [1.807, 2.05) is 30.3 Å². The Morgan fingerprint density at radius 1 is 1.00 bits per heavy atom. The molecular formula is C12H10N2O2. The normalized spacial score (nSPS) is 11.6. The Morgan fingerprint density at radius 2 is 1.69 bits per heavy atom. The summed E-state index contributed by atoms with van der Waals surface area (Å²) in [4.78, 5) is 27.6. The Bertz CT molecular complexity index is 711. The van der Waals surface area contributed by atoms with Crippen molar-refractivity contribution in [1.82, 2.24) is 9.97 Å². The first-order valence-corrected chi connectivity index (χ1v) is 4.75. The Morgan fingerprint density at radius 3 is 2.38 bits per heavy atom. The second-order valence-electron chi connectivity index (χ2n) is 3.36. The number of nitrogens with one attached hydrogen (secondary N) is 2. The van der Waals surface area contributed by atoms with Crippen LogP contribution >= 0.6 is 0 Å². The van der Waals surface area contributed by atoms with E-state index in [9.17, 15) is 9.59 Å². The molecule has 0 amide bonds. The van der Waals surface area contributed by atoms with Gasteiger partial charge in [0.25, 0.3) is 11.1 Å². The van der Waals surface area contributed by atoms with Crippen molar-refractivity contribution in [2.24, 2.45) is 0 Å².